The number of rotatable bonds is 6. The van der Waals surface area contributed by atoms with Crippen molar-refractivity contribution in [3.05, 3.63) is 0 Å². The summed E-state index contributed by atoms with van der Waals surface area (Å²) in [5.41, 5.74) is -2.55. The van der Waals surface area contributed by atoms with Crippen LogP contribution in [0.3, 0.4) is 0 Å². The maximum absolute atomic E-state index is 13.1. The second kappa shape index (κ2) is 5.24. The van der Waals surface area contributed by atoms with E-state index in [0.717, 1.165) is 0 Å². The molecule has 0 rings (SSSR count). The van der Waals surface area contributed by atoms with Crippen LogP contribution in [-0.4, -0.2) is 35.9 Å². The lowest BCUT2D eigenvalue weighted by Gasteiger charge is -2.38. The first kappa shape index (κ1) is 18.7. The van der Waals surface area contributed by atoms with Gasteiger partial charge in [-0.15, -0.1) is 0 Å². The summed E-state index contributed by atoms with van der Waals surface area (Å²) >= 11 is 0. The van der Waals surface area contributed by atoms with Crippen molar-refractivity contribution in [1.82, 2.24) is 0 Å². The number of ether oxygens (including phenoxy) is 1. The Morgan fingerprint density at radius 1 is 1.10 bits per heavy atom. The van der Waals surface area contributed by atoms with E-state index in [1.807, 2.05) is 0 Å². The molecule has 0 amide bonds. The molecular weight excluding hydrogens is 308 g/mol. The van der Waals surface area contributed by atoms with Crippen molar-refractivity contribution in [3.8, 4) is 0 Å². The minimum atomic E-state index is -6.40. The number of halogens is 8. The maximum Gasteiger partial charge on any atom is 0.377 e. The Balaban J connectivity index is 5.37. The zero-order valence-corrected chi connectivity index (χ0v) is 10.0. The molecule has 11 heteroatoms. The van der Waals surface area contributed by atoms with Crippen LogP contribution in [0.2, 0.25) is 0 Å². The molecule has 0 fully saturated rings. The van der Waals surface area contributed by atoms with Crippen molar-refractivity contribution in [3.63, 3.8) is 0 Å². The SMILES string of the molecule is CC(C)(CC(F)(F)C(F)(F)C(F)(F)C(F)F)OC(=O)[O-]. The Kier molecular flexibility index (Phi) is 4.91. The Bertz CT molecular complexity index is 366. The van der Waals surface area contributed by atoms with Crippen LogP contribution in [0.4, 0.5) is 39.9 Å². The molecule has 0 heterocycles. The van der Waals surface area contributed by atoms with E-state index in [1.54, 1.807) is 0 Å². The molecule has 0 radical (unpaired) electrons. The molecule has 0 saturated carbocycles. The average molecular weight is 317 g/mol. The average Bonchev–Trinajstić information content (AvgIpc) is 2.11. The second-order valence-corrected chi connectivity index (χ2v) is 4.49. The minimum absolute atomic E-state index is 0.563. The van der Waals surface area contributed by atoms with Crippen molar-refractivity contribution in [2.75, 3.05) is 0 Å². The van der Waals surface area contributed by atoms with Gasteiger partial charge in [-0.2, -0.15) is 26.3 Å². The maximum atomic E-state index is 13.1. The highest BCUT2D eigenvalue weighted by Gasteiger charge is 2.75. The molecule has 0 aromatic heterocycles. The molecule has 3 nitrogen and oxygen atoms in total. The molecule has 0 spiro atoms. The standard InChI is InChI=1S/C9H10F8O3/c1-6(2,20-5(18)19)3-7(12,13)9(16,17)8(14,15)4(10)11/h4H,3H2,1-2H3,(H,18,19)/p-1. The zero-order valence-electron chi connectivity index (χ0n) is 10.0. The van der Waals surface area contributed by atoms with E-state index in [-0.39, 0.29) is 0 Å². The largest absolute Gasteiger partial charge is 0.543 e. The van der Waals surface area contributed by atoms with Gasteiger partial charge in [0.2, 0.25) is 0 Å². The van der Waals surface area contributed by atoms with Crippen molar-refractivity contribution < 1.29 is 49.8 Å². The van der Waals surface area contributed by atoms with E-state index in [9.17, 15) is 45.0 Å². The summed E-state index contributed by atoms with van der Waals surface area (Å²) in [4.78, 5) is 10.0. The van der Waals surface area contributed by atoms with Crippen LogP contribution in [0.1, 0.15) is 20.3 Å². The van der Waals surface area contributed by atoms with Crippen LogP contribution in [0.15, 0.2) is 0 Å². The summed E-state index contributed by atoms with van der Waals surface area (Å²) in [7, 11) is 0. The summed E-state index contributed by atoms with van der Waals surface area (Å²) in [6.07, 6.45) is -9.65. The van der Waals surface area contributed by atoms with E-state index >= 15 is 0 Å². The van der Waals surface area contributed by atoms with Gasteiger partial charge in [-0.1, -0.05) is 0 Å². The van der Waals surface area contributed by atoms with Gasteiger partial charge in [0.15, 0.2) is 0 Å². The number of carbonyl (C=O) groups excluding carboxylic acids is 1. The van der Waals surface area contributed by atoms with Gasteiger partial charge in [0.1, 0.15) is 0 Å². The third-order valence-corrected chi connectivity index (χ3v) is 2.16. The van der Waals surface area contributed by atoms with Crippen LogP contribution in [0.25, 0.3) is 0 Å². The van der Waals surface area contributed by atoms with Gasteiger partial charge in [-0.25, -0.2) is 8.78 Å². The van der Waals surface area contributed by atoms with Crippen molar-refractivity contribution in [1.29, 1.82) is 0 Å². The molecule has 120 valence electrons. The van der Waals surface area contributed by atoms with Gasteiger partial charge < -0.3 is 14.6 Å². The normalized spacial score (nSPS) is 14.6. The highest BCUT2D eigenvalue weighted by Crippen LogP contribution is 2.51. The van der Waals surface area contributed by atoms with Gasteiger partial charge >= 0.3 is 24.2 Å². The van der Waals surface area contributed by atoms with Crippen LogP contribution < -0.4 is 5.11 Å². The van der Waals surface area contributed by atoms with Gasteiger partial charge in [-0.3, -0.25) is 0 Å². The fraction of sp³-hybridized carbons (Fsp3) is 0.889. The number of hydrogen-bond acceptors (Lipinski definition) is 3. The molecule has 0 saturated heterocycles. The Hall–Kier alpha value is -1.29. The zero-order chi connectivity index (χ0) is 16.6. The lowest BCUT2D eigenvalue weighted by atomic mass is 9.93. The molecular formula is C9H9F8O3-. The monoisotopic (exact) mass is 317 g/mol. The number of carboxylic acid groups (broad SMARTS) is 1. The molecule has 0 aromatic rings. The van der Waals surface area contributed by atoms with E-state index in [0.29, 0.717) is 13.8 Å². The second-order valence-electron chi connectivity index (χ2n) is 4.49. The number of hydrogen-bond donors (Lipinski definition) is 0. The molecule has 0 bridgehead atoms. The fourth-order valence-electron chi connectivity index (χ4n) is 1.29. The van der Waals surface area contributed by atoms with Crippen molar-refractivity contribution in [2.45, 2.75) is 50.1 Å². The van der Waals surface area contributed by atoms with Gasteiger partial charge in [0.05, 0.1) is 5.60 Å². The molecule has 0 atom stereocenters. The van der Waals surface area contributed by atoms with Crippen LogP contribution in [-0.2, 0) is 4.74 Å². The van der Waals surface area contributed by atoms with Gasteiger partial charge in [0.25, 0.3) is 6.16 Å². The topological polar surface area (TPSA) is 49.4 Å². The first-order chi connectivity index (χ1) is 8.57. The molecule has 0 N–H and O–H groups in total. The predicted octanol–water partition coefficient (Wildman–Crippen LogP) is 2.69. The summed E-state index contributed by atoms with van der Waals surface area (Å²) in [6.45, 7) is 1.13. The summed E-state index contributed by atoms with van der Waals surface area (Å²) < 4.78 is 104. The van der Waals surface area contributed by atoms with Crippen molar-refractivity contribution >= 4 is 6.16 Å². The van der Waals surface area contributed by atoms with E-state index in [2.05, 4.69) is 4.74 Å². The Labute approximate surface area is 107 Å². The first-order valence-electron chi connectivity index (χ1n) is 4.88. The third kappa shape index (κ3) is 3.63. The molecule has 0 unspecified atom stereocenters. The summed E-state index contributed by atoms with van der Waals surface area (Å²) in [6, 6.07) is 0. The highest BCUT2D eigenvalue weighted by atomic mass is 19.4. The van der Waals surface area contributed by atoms with E-state index in [4.69, 9.17) is 0 Å². The molecule has 0 aromatic carbocycles. The molecule has 0 aliphatic carbocycles. The van der Waals surface area contributed by atoms with Crippen LogP contribution in [0, 0.1) is 0 Å². The van der Waals surface area contributed by atoms with Crippen molar-refractivity contribution in [2.24, 2.45) is 0 Å². The van der Waals surface area contributed by atoms with E-state index < -0.39 is 42.4 Å². The van der Waals surface area contributed by atoms with Crippen LogP contribution >= 0.6 is 0 Å². The minimum Gasteiger partial charge on any atom is -0.543 e. The Morgan fingerprint density at radius 2 is 1.50 bits per heavy atom. The third-order valence-electron chi connectivity index (χ3n) is 2.16. The predicted molar refractivity (Wildman–Crippen MR) is 46.0 cm³/mol. The van der Waals surface area contributed by atoms with Crippen LogP contribution in [0.5, 0.6) is 0 Å². The lowest BCUT2D eigenvalue weighted by molar-refractivity contribution is -0.348. The molecule has 0 aliphatic heterocycles. The van der Waals surface area contributed by atoms with Gasteiger partial charge in [-0.05, 0) is 13.8 Å². The van der Waals surface area contributed by atoms with E-state index in [1.165, 1.54) is 0 Å². The summed E-state index contributed by atoms with van der Waals surface area (Å²) in [5.74, 6) is -18.3. The fourth-order valence-corrected chi connectivity index (χ4v) is 1.29. The quantitative estimate of drug-likeness (QED) is 0.559. The lowest BCUT2D eigenvalue weighted by Crippen LogP contribution is -2.59. The number of carbonyl (C=O) groups is 1. The van der Waals surface area contributed by atoms with Gasteiger partial charge in [0, 0.05) is 6.42 Å². The summed E-state index contributed by atoms with van der Waals surface area (Å²) in [5, 5.41) is 10.0. The highest BCUT2D eigenvalue weighted by molar-refractivity contribution is 5.54. The molecule has 20 heavy (non-hydrogen) atoms. The number of alkyl halides is 8. The first-order valence-corrected chi connectivity index (χ1v) is 4.88. The molecule has 0 aliphatic rings. The Morgan fingerprint density at radius 3 is 1.80 bits per heavy atom. The smallest absolute Gasteiger partial charge is 0.377 e.